The number of carbonyl (C=O) groups excluding carboxylic acids is 1. The third-order valence-electron chi connectivity index (χ3n) is 5.42. The number of methoxy groups -OCH3 is 2. The molecule has 7 nitrogen and oxygen atoms in total. The van der Waals surface area contributed by atoms with Crippen LogP contribution >= 0.6 is 12.4 Å². The van der Waals surface area contributed by atoms with Gasteiger partial charge in [-0.25, -0.2) is 0 Å². The summed E-state index contributed by atoms with van der Waals surface area (Å²) in [6, 6.07) is 5.19. The highest BCUT2D eigenvalue weighted by Crippen LogP contribution is 2.48. The molecule has 26 heavy (non-hydrogen) atoms. The minimum Gasteiger partial charge on any atom is -0.497 e. The van der Waals surface area contributed by atoms with E-state index in [2.05, 4.69) is 5.32 Å². The maximum atomic E-state index is 12.4. The normalized spacial score (nSPS) is 24.5. The van der Waals surface area contributed by atoms with Crippen LogP contribution in [-0.2, 0) is 9.59 Å². The average Bonchev–Trinajstić information content (AvgIpc) is 3.12. The van der Waals surface area contributed by atoms with Gasteiger partial charge in [0.05, 0.1) is 31.9 Å². The first-order valence-corrected chi connectivity index (χ1v) is 8.46. The van der Waals surface area contributed by atoms with Crippen molar-refractivity contribution in [1.82, 2.24) is 4.90 Å². The molecule has 144 valence electrons. The van der Waals surface area contributed by atoms with Crippen molar-refractivity contribution in [3.05, 3.63) is 18.2 Å². The quantitative estimate of drug-likeness (QED) is 0.782. The number of amides is 1. The number of nitrogens with one attached hydrogen (secondary N) is 1. The number of rotatable bonds is 6. The van der Waals surface area contributed by atoms with Gasteiger partial charge in [-0.05, 0) is 30.9 Å². The molecule has 3 rings (SSSR count). The Morgan fingerprint density at radius 2 is 2.12 bits per heavy atom. The van der Waals surface area contributed by atoms with Gasteiger partial charge in [0.15, 0.2) is 0 Å². The molecule has 2 fully saturated rings. The number of carboxylic acids is 1. The summed E-state index contributed by atoms with van der Waals surface area (Å²) in [4.78, 5) is 26.1. The predicted molar refractivity (Wildman–Crippen MR) is 99.3 cm³/mol. The topological polar surface area (TPSA) is 88.1 Å². The second kappa shape index (κ2) is 8.14. The Bertz CT molecular complexity index is 684. The Labute approximate surface area is 159 Å². The van der Waals surface area contributed by atoms with E-state index in [0.717, 1.165) is 12.8 Å². The summed E-state index contributed by atoms with van der Waals surface area (Å²) in [5, 5.41) is 12.5. The van der Waals surface area contributed by atoms with Gasteiger partial charge in [0, 0.05) is 19.2 Å². The van der Waals surface area contributed by atoms with Crippen molar-refractivity contribution in [3.8, 4) is 11.5 Å². The number of hydrogen-bond donors (Lipinski definition) is 2. The van der Waals surface area contributed by atoms with Gasteiger partial charge in [-0.2, -0.15) is 0 Å². The van der Waals surface area contributed by atoms with Crippen LogP contribution < -0.4 is 14.8 Å². The number of ether oxygens (including phenoxy) is 2. The number of anilines is 1. The van der Waals surface area contributed by atoms with E-state index in [4.69, 9.17) is 9.47 Å². The molecule has 2 aliphatic rings. The SMILES string of the molecule is COc1ccc(OC)c(NC(=O)CN2C[C@@H]3CCC[C@@]3(C(=O)O)C2)c1.Cl. The van der Waals surface area contributed by atoms with E-state index in [1.54, 1.807) is 25.3 Å². The Hall–Kier alpha value is -1.99. The fraction of sp³-hybridized carbons (Fsp3) is 0.556. The number of nitrogens with zero attached hydrogens (tertiary/aromatic N) is 1. The number of carbonyl (C=O) groups is 2. The molecule has 1 aromatic rings. The van der Waals surface area contributed by atoms with E-state index >= 15 is 0 Å². The molecule has 1 saturated carbocycles. The van der Waals surface area contributed by atoms with E-state index in [9.17, 15) is 14.7 Å². The van der Waals surface area contributed by atoms with Gasteiger partial charge in [0.1, 0.15) is 11.5 Å². The number of likely N-dealkylation sites (tertiary alicyclic amines) is 1. The number of aliphatic carboxylic acids is 1. The number of halogens is 1. The summed E-state index contributed by atoms with van der Waals surface area (Å²) in [7, 11) is 3.09. The highest BCUT2D eigenvalue weighted by molar-refractivity contribution is 5.94. The lowest BCUT2D eigenvalue weighted by Gasteiger charge is -2.23. The van der Waals surface area contributed by atoms with Crippen LogP contribution in [0, 0.1) is 11.3 Å². The minimum atomic E-state index is -0.729. The van der Waals surface area contributed by atoms with Crippen molar-refractivity contribution in [2.24, 2.45) is 11.3 Å². The summed E-state index contributed by atoms with van der Waals surface area (Å²) >= 11 is 0. The van der Waals surface area contributed by atoms with Crippen LogP contribution in [-0.4, -0.2) is 55.7 Å². The molecule has 1 heterocycles. The summed E-state index contributed by atoms with van der Waals surface area (Å²) < 4.78 is 10.4. The zero-order chi connectivity index (χ0) is 18.0. The largest absolute Gasteiger partial charge is 0.497 e. The highest BCUT2D eigenvalue weighted by Gasteiger charge is 2.54. The Morgan fingerprint density at radius 3 is 2.73 bits per heavy atom. The van der Waals surface area contributed by atoms with E-state index < -0.39 is 11.4 Å². The molecule has 2 atom stereocenters. The van der Waals surface area contributed by atoms with Crippen LogP contribution in [0.3, 0.4) is 0 Å². The summed E-state index contributed by atoms with van der Waals surface area (Å²) in [6.07, 6.45) is 2.58. The predicted octanol–water partition coefficient (Wildman–Crippen LogP) is 2.25. The molecule has 2 N–H and O–H groups in total. The standard InChI is InChI=1S/C18H24N2O5.ClH/c1-24-13-5-6-15(25-2)14(8-13)19-16(21)10-20-9-12-4-3-7-18(12,11-20)17(22)23;/h5-6,8,12H,3-4,7,9-11H2,1-2H3,(H,19,21)(H,22,23);1H/t12-,18+;/m0./s1. The van der Waals surface area contributed by atoms with Crippen LogP contribution in [0.15, 0.2) is 18.2 Å². The Kier molecular flexibility index (Phi) is 6.36. The molecule has 1 aromatic carbocycles. The summed E-state index contributed by atoms with van der Waals surface area (Å²) in [6.45, 7) is 1.27. The molecule has 0 aromatic heterocycles. The zero-order valence-corrected chi connectivity index (χ0v) is 15.8. The molecule has 0 bridgehead atoms. The van der Waals surface area contributed by atoms with E-state index in [1.807, 2.05) is 4.90 Å². The average molecular weight is 385 g/mol. The second-order valence-electron chi connectivity index (χ2n) is 6.83. The van der Waals surface area contributed by atoms with Crippen LogP contribution in [0.25, 0.3) is 0 Å². The highest BCUT2D eigenvalue weighted by atomic mass is 35.5. The second-order valence-corrected chi connectivity index (χ2v) is 6.83. The lowest BCUT2D eigenvalue weighted by atomic mass is 9.81. The fourth-order valence-electron chi connectivity index (χ4n) is 4.17. The van der Waals surface area contributed by atoms with E-state index in [1.165, 1.54) is 7.11 Å². The molecule has 0 radical (unpaired) electrons. The molecule has 0 unspecified atom stereocenters. The number of benzene rings is 1. The van der Waals surface area contributed by atoms with Crippen molar-refractivity contribution < 1.29 is 24.2 Å². The lowest BCUT2D eigenvalue weighted by molar-refractivity contribution is -0.149. The van der Waals surface area contributed by atoms with Gasteiger partial charge in [-0.1, -0.05) is 6.42 Å². The minimum absolute atomic E-state index is 0. The molecule has 0 spiro atoms. The molecular weight excluding hydrogens is 360 g/mol. The first kappa shape index (κ1) is 20.3. The third-order valence-corrected chi connectivity index (χ3v) is 5.42. The summed E-state index contributed by atoms with van der Waals surface area (Å²) in [5.41, 5.74) is -0.132. The molecule has 1 aliphatic carbocycles. The van der Waals surface area contributed by atoms with Crippen LogP contribution in [0.1, 0.15) is 19.3 Å². The molecular formula is C18H25ClN2O5. The third kappa shape index (κ3) is 3.73. The van der Waals surface area contributed by atoms with Crippen LogP contribution in [0.4, 0.5) is 5.69 Å². The Morgan fingerprint density at radius 1 is 1.35 bits per heavy atom. The van der Waals surface area contributed by atoms with Crippen molar-refractivity contribution in [1.29, 1.82) is 0 Å². The van der Waals surface area contributed by atoms with Crippen molar-refractivity contribution >= 4 is 30.0 Å². The van der Waals surface area contributed by atoms with Crippen molar-refractivity contribution in [2.45, 2.75) is 19.3 Å². The monoisotopic (exact) mass is 384 g/mol. The molecule has 1 amide bonds. The van der Waals surface area contributed by atoms with Gasteiger partial charge >= 0.3 is 5.97 Å². The summed E-state index contributed by atoms with van der Waals surface area (Å²) in [5.74, 6) is 0.398. The number of hydrogen-bond acceptors (Lipinski definition) is 5. The maximum Gasteiger partial charge on any atom is 0.311 e. The molecule has 8 heteroatoms. The van der Waals surface area contributed by atoms with Crippen LogP contribution in [0.5, 0.6) is 11.5 Å². The Balaban J connectivity index is 0.00000243. The smallest absolute Gasteiger partial charge is 0.311 e. The van der Waals surface area contributed by atoms with Gasteiger partial charge in [0.25, 0.3) is 0 Å². The first-order chi connectivity index (χ1) is 12.0. The van der Waals surface area contributed by atoms with E-state index in [-0.39, 0.29) is 30.8 Å². The van der Waals surface area contributed by atoms with Crippen molar-refractivity contribution in [2.75, 3.05) is 39.2 Å². The lowest BCUT2D eigenvalue weighted by Crippen LogP contribution is -2.37. The first-order valence-electron chi connectivity index (χ1n) is 8.46. The van der Waals surface area contributed by atoms with Crippen LogP contribution in [0.2, 0.25) is 0 Å². The van der Waals surface area contributed by atoms with Gasteiger partial charge < -0.3 is 19.9 Å². The van der Waals surface area contributed by atoms with Gasteiger partial charge in [-0.15, -0.1) is 12.4 Å². The zero-order valence-electron chi connectivity index (χ0n) is 15.0. The maximum absolute atomic E-state index is 12.4. The van der Waals surface area contributed by atoms with Crippen molar-refractivity contribution in [3.63, 3.8) is 0 Å². The van der Waals surface area contributed by atoms with E-state index in [0.29, 0.717) is 36.7 Å². The fourth-order valence-corrected chi connectivity index (χ4v) is 4.17. The van der Waals surface area contributed by atoms with Gasteiger partial charge in [-0.3, -0.25) is 14.5 Å². The number of carboxylic acid groups (broad SMARTS) is 1. The number of fused-ring (bicyclic) bond motifs is 1. The molecule has 1 saturated heterocycles. The van der Waals surface area contributed by atoms with Gasteiger partial charge in [0.2, 0.25) is 5.91 Å². The molecule has 1 aliphatic heterocycles.